The minimum atomic E-state index is -0.119. The van der Waals surface area contributed by atoms with Crippen molar-refractivity contribution in [1.82, 2.24) is 19.8 Å². The first-order chi connectivity index (χ1) is 5.81. The van der Waals surface area contributed by atoms with E-state index in [0.717, 1.165) is 0 Å². The van der Waals surface area contributed by atoms with E-state index in [0.29, 0.717) is 16.4 Å². The molecule has 0 saturated carbocycles. The van der Waals surface area contributed by atoms with Crippen LogP contribution >= 0.6 is 12.6 Å². The number of hydrogen-bond acceptors (Lipinski definition) is 4. The molecule has 2 aromatic heterocycles. The molecule has 0 unspecified atom stereocenters. The Hall–Kier alpha value is -1.27. The highest BCUT2D eigenvalue weighted by Crippen LogP contribution is 2.08. The van der Waals surface area contributed by atoms with Crippen molar-refractivity contribution in [3.63, 3.8) is 0 Å². The van der Waals surface area contributed by atoms with E-state index < -0.39 is 0 Å². The summed E-state index contributed by atoms with van der Waals surface area (Å²) in [6, 6.07) is 1.59. The van der Waals surface area contributed by atoms with Gasteiger partial charge in [-0.1, -0.05) is 17.8 Å². The molecule has 0 aliphatic rings. The summed E-state index contributed by atoms with van der Waals surface area (Å²) in [5.41, 5.74) is 1.16. The Bertz CT molecular complexity index is 413. The SMILES string of the molecule is OCc1cc([S])nc2cnnn12. The maximum atomic E-state index is 8.92. The second-order valence-corrected chi connectivity index (χ2v) is 2.67. The number of aromatic nitrogens is 4. The van der Waals surface area contributed by atoms with Crippen molar-refractivity contribution in [2.45, 2.75) is 11.6 Å². The van der Waals surface area contributed by atoms with Crippen LogP contribution in [0.5, 0.6) is 0 Å². The molecule has 0 atom stereocenters. The van der Waals surface area contributed by atoms with Crippen LogP contribution in [-0.2, 0) is 6.61 Å². The van der Waals surface area contributed by atoms with E-state index in [-0.39, 0.29) is 6.61 Å². The lowest BCUT2D eigenvalue weighted by Crippen LogP contribution is -2.00. The lowest BCUT2D eigenvalue weighted by atomic mass is 10.4. The summed E-state index contributed by atoms with van der Waals surface area (Å²) in [5.74, 6) is 0. The monoisotopic (exact) mass is 181 g/mol. The third-order valence-corrected chi connectivity index (χ3v) is 1.69. The van der Waals surface area contributed by atoms with Crippen molar-refractivity contribution < 1.29 is 5.11 Å². The van der Waals surface area contributed by atoms with Crippen LogP contribution in [0, 0.1) is 0 Å². The van der Waals surface area contributed by atoms with Gasteiger partial charge in [0.25, 0.3) is 0 Å². The molecule has 2 heterocycles. The predicted octanol–water partition coefficient (Wildman–Crippen LogP) is 0.173. The second-order valence-electron chi connectivity index (χ2n) is 2.25. The Labute approximate surface area is 73.5 Å². The number of aliphatic hydroxyl groups is 1. The largest absolute Gasteiger partial charge is 0.390 e. The fraction of sp³-hybridized carbons (Fsp3) is 0.167. The van der Waals surface area contributed by atoms with Crippen LogP contribution in [0.15, 0.2) is 17.3 Å². The number of aliphatic hydroxyl groups excluding tert-OH is 1. The van der Waals surface area contributed by atoms with Crippen LogP contribution in [0.4, 0.5) is 0 Å². The molecule has 0 amide bonds. The molecule has 12 heavy (non-hydrogen) atoms. The molecule has 0 spiro atoms. The lowest BCUT2D eigenvalue weighted by molar-refractivity contribution is 0.272. The van der Waals surface area contributed by atoms with Gasteiger partial charge < -0.3 is 5.11 Å². The highest BCUT2D eigenvalue weighted by Gasteiger charge is 2.03. The molecule has 61 valence electrons. The van der Waals surface area contributed by atoms with Gasteiger partial charge in [0.15, 0.2) is 5.65 Å². The highest BCUT2D eigenvalue weighted by molar-refractivity contribution is 7.80. The van der Waals surface area contributed by atoms with Crippen LogP contribution in [-0.4, -0.2) is 24.9 Å². The van der Waals surface area contributed by atoms with Crippen LogP contribution in [0.1, 0.15) is 5.69 Å². The topological polar surface area (TPSA) is 63.3 Å². The van der Waals surface area contributed by atoms with Crippen LogP contribution in [0.2, 0.25) is 0 Å². The van der Waals surface area contributed by atoms with Gasteiger partial charge in [0.05, 0.1) is 18.5 Å². The maximum Gasteiger partial charge on any atom is 0.177 e. The van der Waals surface area contributed by atoms with Crippen LogP contribution < -0.4 is 0 Å². The first kappa shape index (κ1) is 7.38. The third kappa shape index (κ3) is 1.01. The standard InChI is InChI=1S/C6H5N4OS/c11-3-4-1-6(12)8-5-2-7-9-10(4)5/h1-2,11H,3H2. The fourth-order valence-electron chi connectivity index (χ4n) is 0.972. The van der Waals surface area contributed by atoms with Crippen molar-refractivity contribution in [3.8, 4) is 0 Å². The lowest BCUT2D eigenvalue weighted by Gasteiger charge is -1.98. The molecule has 5 nitrogen and oxygen atoms in total. The molecule has 0 bridgehead atoms. The number of fused-ring (bicyclic) bond motifs is 1. The third-order valence-electron chi connectivity index (χ3n) is 1.48. The minimum absolute atomic E-state index is 0.119. The van der Waals surface area contributed by atoms with Gasteiger partial charge in [-0.15, -0.1) is 5.10 Å². The van der Waals surface area contributed by atoms with E-state index >= 15 is 0 Å². The van der Waals surface area contributed by atoms with Gasteiger partial charge in [0.1, 0.15) is 5.03 Å². The quantitative estimate of drug-likeness (QED) is 0.637. The zero-order chi connectivity index (χ0) is 8.55. The molecule has 0 aliphatic heterocycles. The first-order valence-electron chi connectivity index (χ1n) is 3.29. The Balaban J connectivity index is 2.80. The van der Waals surface area contributed by atoms with E-state index in [1.165, 1.54) is 10.7 Å². The number of nitrogens with zero attached hydrogens (tertiary/aromatic N) is 4. The Kier molecular flexibility index (Phi) is 1.63. The summed E-state index contributed by atoms with van der Waals surface area (Å²) in [7, 11) is 0. The summed E-state index contributed by atoms with van der Waals surface area (Å²) in [6.07, 6.45) is 1.50. The molecule has 1 radical (unpaired) electrons. The molecule has 0 fully saturated rings. The average molecular weight is 181 g/mol. The normalized spacial score (nSPS) is 10.8. The summed E-state index contributed by atoms with van der Waals surface area (Å²) in [4.78, 5) is 3.99. The van der Waals surface area contributed by atoms with Gasteiger partial charge in [0.2, 0.25) is 0 Å². The van der Waals surface area contributed by atoms with Gasteiger partial charge in [-0.2, -0.15) is 4.52 Å². The van der Waals surface area contributed by atoms with E-state index in [9.17, 15) is 0 Å². The summed E-state index contributed by atoms with van der Waals surface area (Å²) < 4.78 is 1.45. The van der Waals surface area contributed by atoms with Crippen molar-refractivity contribution in [2.24, 2.45) is 0 Å². The Morgan fingerprint density at radius 2 is 2.42 bits per heavy atom. The second kappa shape index (κ2) is 2.65. The van der Waals surface area contributed by atoms with Crippen LogP contribution in [0.25, 0.3) is 5.65 Å². The first-order valence-corrected chi connectivity index (χ1v) is 3.70. The molecule has 1 N–H and O–H groups in total. The zero-order valence-corrected chi connectivity index (χ0v) is 6.82. The summed E-state index contributed by atoms with van der Waals surface area (Å²) in [6.45, 7) is -0.119. The zero-order valence-electron chi connectivity index (χ0n) is 6.01. The van der Waals surface area contributed by atoms with Crippen molar-refractivity contribution >= 4 is 18.3 Å². The maximum absolute atomic E-state index is 8.92. The van der Waals surface area contributed by atoms with E-state index in [4.69, 9.17) is 17.7 Å². The van der Waals surface area contributed by atoms with Crippen molar-refractivity contribution in [1.29, 1.82) is 0 Å². The molecular formula is C6H5N4OS. The molecule has 6 heteroatoms. The van der Waals surface area contributed by atoms with Gasteiger partial charge in [-0.25, -0.2) is 4.98 Å². The van der Waals surface area contributed by atoms with Crippen LogP contribution in [0.3, 0.4) is 0 Å². The molecule has 2 aromatic rings. The molecule has 0 aliphatic carbocycles. The van der Waals surface area contributed by atoms with E-state index in [1.807, 2.05) is 0 Å². The van der Waals surface area contributed by atoms with E-state index in [2.05, 4.69) is 15.3 Å². The number of hydrogen-bond donors (Lipinski definition) is 1. The number of rotatable bonds is 1. The molecule has 0 aromatic carbocycles. The predicted molar refractivity (Wildman–Crippen MR) is 42.6 cm³/mol. The van der Waals surface area contributed by atoms with Gasteiger partial charge in [-0.05, 0) is 6.07 Å². The van der Waals surface area contributed by atoms with Gasteiger partial charge in [-0.3, -0.25) is 0 Å². The molecule has 2 rings (SSSR count). The Morgan fingerprint density at radius 3 is 3.17 bits per heavy atom. The fourth-order valence-corrected chi connectivity index (χ4v) is 1.20. The Morgan fingerprint density at radius 1 is 1.58 bits per heavy atom. The molecule has 0 saturated heterocycles. The average Bonchev–Trinajstić information content (AvgIpc) is 2.50. The summed E-state index contributed by atoms with van der Waals surface area (Å²) >= 11 is 4.87. The van der Waals surface area contributed by atoms with Crippen molar-refractivity contribution in [3.05, 3.63) is 18.0 Å². The highest BCUT2D eigenvalue weighted by atomic mass is 32.1. The smallest absolute Gasteiger partial charge is 0.177 e. The van der Waals surface area contributed by atoms with Gasteiger partial charge >= 0.3 is 0 Å². The minimum Gasteiger partial charge on any atom is -0.390 e. The summed E-state index contributed by atoms with van der Waals surface area (Å²) in [5, 5.41) is 16.7. The van der Waals surface area contributed by atoms with E-state index in [1.54, 1.807) is 6.07 Å². The molecular weight excluding hydrogens is 176 g/mol. The van der Waals surface area contributed by atoms with Crippen molar-refractivity contribution in [2.75, 3.05) is 0 Å². The van der Waals surface area contributed by atoms with Gasteiger partial charge in [0, 0.05) is 0 Å².